The summed E-state index contributed by atoms with van der Waals surface area (Å²) in [7, 11) is 0. The first kappa shape index (κ1) is 15.4. The number of nitrogens with one attached hydrogen (secondary N) is 1. The molecule has 0 radical (unpaired) electrons. The van der Waals surface area contributed by atoms with Gasteiger partial charge in [-0.2, -0.15) is 0 Å². The molecule has 5 rings (SSSR count). The number of nitrogens with zero attached hydrogens (tertiary/aromatic N) is 2. The molecular weight excluding hydrogens is 310 g/mol. The molecule has 0 unspecified atom stereocenters. The number of carbonyl (C=O) groups is 1. The molecule has 4 heterocycles. The lowest BCUT2D eigenvalue weighted by molar-refractivity contribution is -0.137. The maximum absolute atomic E-state index is 13.0. The van der Waals surface area contributed by atoms with E-state index in [0.717, 1.165) is 30.2 Å². The van der Waals surface area contributed by atoms with E-state index in [9.17, 15) is 4.79 Å². The third kappa shape index (κ3) is 2.77. The van der Waals surface area contributed by atoms with Crippen molar-refractivity contribution in [3.63, 3.8) is 0 Å². The molecule has 1 amide bonds. The van der Waals surface area contributed by atoms with Gasteiger partial charge in [-0.1, -0.05) is 24.6 Å². The highest BCUT2D eigenvalue weighted by Crippen LogP contribution is 2.37. The number of carbonyl (C=O) groups excluding carboxylic acids is 1. The van der Waals surface area contributed by atoms with Crippen molar-refractivity contribution in [2.24, 2.45) is 11.8 Å². The standard InChI is InChI=1S/C21H27N3O/c25-21(10-16-11-22-19-6-2-1-5-18(16)19)24-13-15-9-17(14-24)20-7-3-4-8-23(20)12-15/h1-2,5-6,11,15,17,20,22H,3-4,7-10,12-14H2/t15-,17-,20+/m1/s1. The predicted molar refractivity (Wildman–Crippen MR) is 99.4 cm³/mol. The summed E-state index contributed by atoms with van der Waals surface area (Å²) in [5.74, 6) is 1.68. The van der Waals surface area contributed by atoms with Crippen LogP contribution in [-0.2, 0) is 11.2 Å². The van der Waals surface area contributed by atoms with Gasteiger partial charge in [0.1, 0.15) is 0 Å². The Morgan fingerprint density at radius 2 is 2.08 bits per heavy atom. The number of benzene rings is 1. The normalized spacial score (nSPS) is 29.6. The zero-order chi connectivity index (χ0) is 16.8. The van der Waals surface area contributed by atoms with Crippen molar-refractivity contribution in [1.82, 2.24) is 14.8 Å². The number of aromatic nitrogens is 1. The summed E-state index contributed by atoms with van der Waals surface area (Å²) in [6.45, 7) is 4.42. The van der Waals surface area contributed by atoms with Gasteiger partial charge in [0, 0.05) is 42.8 Å². The highest BCUT2D eigenvalue weighted by atomic mass is 16.2. The topological polar surface area (TPSA) is 39.3 Å². The third-order valence-electron chi connectivity index (χ3n) is 6.64. The second kappa shape index (κ2) is 6.17. The van der Waals surface area contributed by atoms with Crippen molar-refractivity contribution in [3.05, 3.63) is 36.0 Å². The molecule has 132 valence electrons. The minimum Gasteiger partial charge on any atom is -0.361 e. The van der Waals surface area contributed by atoms with E-state index in [1.165, 1.54) is 44.2 Å². The van der Waals surface area contributed by atoms with E-state index in [4.69, 9.17) is 0 Å². The van der Waals surface area contributed by atoms with E-state index in [0.29, 0.717) is 24.2 Å². The van der Waals surface area contributed by atoms with Crippen LogP contribution >= 0.6 is 0 Å². The fourth-order valence-corrected chi connectivity index (χ4v) is 5.52. The summed E-state index contributed by atoms with van der Waals surface area (Å²) in [5.41, 5.74) is 2.26. The van der Waals surface area contributed by atoms with Crippen LogP contribution < -0.4 is 0 Å². The quantitative estimate of drug-likeness (QED) is 0.915. The van der Waals surface area contributed by atoms with Crippen LogP contribution in [0, 0.1) is 11.8 Å². The summed E-state index contributed by atoms with van der Waals surface area (Å²) < 4.78 is 0. The summed E-state index contributed by atoms with van der Waals surface area (Å²) in [6.07, 6.45) is 7.93. The molecule has 3 aliphatic heterocycles. The van der Waals surface area contributed by atoms with Gasteiger partial charge in [0.05, 0.1) is 6.42 Å². The first-order valence-electron chi connectivity index (χ1n) is 9.85. The molecule has 1 N–H and O–H groups in total. The Labute approximate surface area is 149 Å². The molecule has 2 bridgehead atoms. The Hall–Kier alpha value is -1.81. The highest BCUT2D eigenvalue weighted by molar-refractivity contribution is 5.88. The van der Waals surface area contributed by atoms with Gasteiger partial charge in [0.2, 0.25) is 5.91 Å². The summed E-state index contributed by atoms with van der Waals surface area (Å²) in [6, 6.07) is 9.00. The van der Waals surface area contributed by atoms with Crippen LogP contribution in [0.1, 0.15) is 31.2 Å². The average Bonchev–Trinajstić information content (AvgIpc) is 3.04. The van der Waals surface area contributed by atoms with Crippen LogP contribution in [0.3, 0.4) is 0 Å². The number of piperidine rings is 3. The fraction of sp³-hybridized carbons (Fsp3) is 0.571. The lowest BCUT2D eigenvalue weighted by atomic mass is 9.76. The maximum atomic E-state index is 13.0. The largest absolute Gasteiger partial charge is 0.361 e. The molecule has 3 saturated heterocycles. The van der Waals surface area contributed by atoms with Gasteiger partial charge >= 0.3 is 0 Å². The molecule has 3 atom stereocenters. The maximum Gasteiger partial charge on any atom is 0.227 e. The molecule has 2 aromatic rings. The number of likely N-dealkylation sites (tertiary alicyclic amines) is 1. The molecule has 25 heavy (non-hydrogen) atoms. The first-order valence-corrected chi connectivity index (χ1v) is 9.85. The number of rotatable bonds is 2. The number of H-pyrrole nitrogens is 1. The van der Waals surface area contributed by atoms with Gasteiger partial charge in [0.25, 0.3) is 0 Å². The Bertz CT molecular complexity index is 782. The predicted octanol–water partition coefficient (Wildman–Crippen LogP) is 3.04. The zero-order valence-corrected chi connectivity index (χ0v) is 14.8. The van der Waals surface area contributed by atoms with E-state index < -0.39 is 0 Å². The zero-order valence-electron chi connectivity index (χ0n) is 14.8. The van der Waals surface area contributed by atoms with Gasteiger partial charge in [-0.15, -0.1) is 0 Å². The van der Waals surface area contributed by atoms with Crippen LogP contribution in [-0.4, -0.2) is 52.9 Å². The number of hydrogen-bond donors (Lipinski definition) is 1. The second-order valence-electron chi connectivity index (χ2n) is 8.25. The molecule has 1 aromatic carbocycles. The summed E-state index contributed by atoms with van der Waals surface area (Å²) in [4.78, 5) is 21.2. The Morgan fingerprint density at radius 1 is 1.16 bits per heavy atom. The van der Waals surface area contributed by atoms with E-state index in [1.807, 2.05) is 18.3 Å². The van der Waals surface area contributed by atoms with E-state index >= 15 is 0 Å². The average molecular weight is 337 g/mol. The molecule has 4 heteroatoms. The third-order valence-corrected chi connectivity index (χ3v) is 6.64. The van der Waals surface area contributed by atoms with Crippen LogP contribution in [0.2, 0.25) is 0 Å². The number of amides is 1. The fourth-order valence-electron chi connectivity index (χ4n) is 5.52. The monoisotopic (exact) mass is 337 g/mol. The molecule has 4 nitrogen and oxygen atoms in total. The van der Waals surface area contributed by atoms with E-state index in [1.54, 1.807) is 0 Å². The summed E-state index contributed by atoms with van der Waals surface area (Å²) >= 11 is 0. The molecule has 3 aliphatic rings. The lowest BCUT2D eigenvalue weighted by Crippen LogP contribution is -2.59. The minimum absolute atomic E-state index is 0.309. The van der Waals surface area contributed by atoms with Gasteiger partial charge in [-0.05, 0) is 49.3 Å². The van der Waals surface area contributed by atoms with Crippen molar-refractivity contribution in [1.29, 1.82) is 0 Å². The number of para-hydroxylation sites is 1. The van der Waals surface area contributed by atoms with Crippen LogP contribution in [0.15, 0.2) is 30.5 Å². The van der Waals surface area contributed by atoms with Crippen molar-refractivity contribution < 1.29 is 4.79 Å². The highest BCUT2D eigenvalue weighted by Gasteiger charge is 2.42. The van der Waals surface area contributed by atoms with E-state index in [-0.39, 0.29) is 0 Å². The second-order valence-corrected chi connectivity index (χ2v) is 8.25. The number of aromatic amines is 1. The molecule has 0 saturated carbocycles. The Kier molecular flexibility index (Phi) is 3.81. The van der Waals surface area contributed by atoms with Crippen molar-refractivity contribution >= 4 is 16.8 Å². The van der Waals surface area contributed by atoms with Crippen LogP contribution in [0.4, 0.5) is 0 Å². The van der Waals surface area contributed by atoms with Crippen LogP contribution in [0.5, 0.6) is 0 Å². The molecule has 1 aromatic heterocycles. The van der Waals surface area contributed by atoms with Crippen molar-refractivity contribution in [3.8, 4) is 0 Å². The molecule has 3 fully saturated rings. The Balaban J connectivity index is 1.31. The van der Waals surface area contributed by atoms with Gasteiger partial charge in [0.15, 0.2) is 0 Å². The minimum atomic E-state index is 0.309. The van der Waals surface area contributed by atoms with Gasteiger partial charge in [-0.3, -0.25) is 9.69 Å². The van der Waals surface area contributed by atoms with Crippen molar-refractivity contribution in [2.45, 2.75) is 38.1 Å². The lowest BCUT2D eigenvalue weighted by Gasteiger charge is -2.52. The molecular formula is C21H27N3O. The van der Waals surface area contributed by atoms with Crippen molar-refractivity contribution in [2.75, 3.05) is 26.2 Å². The Morgan fingerprint density at radius 3 is 3.04 bits per heavy atom. The van der Waals surface area contributed by atoms with Crippen LogP contribution in [0.25, 0.3) is 10.9 Å². The van der Waals surface area contributed by atoms with E-state index in [2.05, 4.69) is 26.9 Å². The molecule has 0 aliphatic carbocycles. The SMILES string of the molecule is O=C(Cc1c[nH]c2ccccc12)N1C[C@@H]2C[C@H](C1)[C@@H]1CCCCN1C2. The summed E-state index contributed by atoms with van der Waals surface area (Å²) in [5, 5.41) is 1.19. The molecule has 0 spiro atoms. The van der Waals surface area contributed by atoms with Gasteiger partial charge in [-0.25, -0.2) is 0 Å². The number of fused-ring (bicyclic) bond motifs is 5. The van der Waals surface area contributed by atoms with Gasteiger partial charge < -0.3 is 9.88 Å². The smallest absolute Gasteiger partial charge is 0.227 e. The number of hydrogen-bond acceptors (Lipinski definition) is 2. The first-order chi connectivity index (χ1) is 12.3.